The number of nitrogens with zero attached hydrogens (tertiary/aromatic N) is 2. The highest BCUT2D eigenvalue weighted by atomic mass is 15.1. The van der Waals surface area contributed by atoms with E-state index in [4.69, 9.17) is 5.73 Å². The first-order valence-electron chi connectivity index (χ1n) is 6.11. The molecule has 0 saturated heterocycles. The summed E-state index contributed by atoms with van der Waals surface area (Å²) in [5.41, 5.74) is 7.10. The van der Waals surface area contributed by atoms with Gasteiger partial charge in [0.1, 0.15) is 0 Å². The van der Waals surface area contributed by atoms with Gasteiger partial charge in [-0.2, -0.15) is 0 Å². The van der Waals surface area contributed by atoms with Crippen molar-refractivity contribution in [1.29, 1.82) is 0 Å². The predicted octanol–water partition coefficient (Wildman–Crippen LogP) is 1.81. The van der Waals surface area contributed by atoms with Crippen LogP contribution >= 0.6 is 0 Å². The van der Waals surface area contributed by atoms with Crippen molar-refractivity contribution in [1.82, 2.24) is 9.88 Å². The highest BCUT2D eigenvalue weighted by molar-refractivity contribution is 5.14. The standard InChI is InChI=1S/C13H21N3/c1-16(10-11-4-2-5-11)13(8-14)12-6-3-7-15-9-12/h3,6-7,9,11,13H,2,4-5,8,10,14H2,1H3. The minimum absolute atomic E-state index is 0.314. The monoisotopic (exact) mass is 219 g/mol. The molecule has 1 saturated carbocycles. The molecule has 1 heterocycles. The average Bonchev–Trinajstić information content (AvgIpc) is 2.26. The maximum absolute atomic E-state index is 5.87. The Bertz CT molecular complexity index is 308. The van der Waals surface area contributed by atoms with E-state index in [9.17, 15) is 0 Å². The van der Waals surface area contributed by atoms with Gasteiger partial charge in [0.05, 0.1) is 0 Å². The molecule has 1 aromatic rings. The summed E-state index contributed by atoms with van der Waals surface area (Å²) < 4.78 is 0. The van der Waals surface area contributed by atoms with E-state index in [1.165, 1.54) is 24.8 Å². The molecular weight excluding hydrogens is 198 g/mol. The van der Waals surface area contributed by atoms with Crippen LogP contribution in [-0.4, -0.2) is 30.0 Å². The van der Waals surface area contributed by atoms with Gasteiger partial charge in [0, 0.05) is 31.5 Å². The van der Waals surface area contributed by atoms with Gasteiger partial charge >= 0.3 is 0 Å². The highest BCUT2D eigenvalue weighted by Gasteiger charge is 2.23. The molecule has 0 radical (unpaired) electrons. The summed E-state index contributed by atoms with van der Waals surface area (Å²) in [5, 5.41) is 0. The first-order valence-corrected chi connectivity index (χ1v) is 6.11. The normalized spacial score (nSPS) is 18.4. The van der Waals surface area contributed by atoms with Gasteiger partial charge in [-0.05, 0) is 37.4 Å². The second-order valence-corrected chi connectivity index (χ2v) is 4.77. The summed E-state index contributed by atoms with van der Waals surface area (Å²) >= 11 is 0. The van der Waals surface area contributed by atoms with Crippen LogP contribution in [0.2, 0.25) is 0 Å². The summed E-state index contributed by atoms with van der Waals surface area (Å²) in [6.45, 7) is 1.83. The fourth-order valence-electron chi connectivity index (χ4n) is 2.35. The quantitative estimate of drug-likeness (QED) is 0.821. The number of aromatic nitrogens is 1. The summed E-state index contributed by atoms with van der Waals surface area (Å²) in [5.74, 6) is 0.885. The minimum atomic E-state index is 0.314. The van der Waals surface area contributed by atoms with Gasteiger partial charge in [0.2, 0.25) is 0 Å². The van der Waals surface area contributed by atoms with Crippen LogP contribution in [0.5, 0.6) is 0 Å². The number of hydrogen-bond donors (Lipinski definition) is 1. The fraction of sp³-hybridized carbons (Fsp3) is 0.615. The predicted molar refractivity (Wildman–Crippen MR) is 66.0 cm³/mol. The van der Waals surface area contributed by atoms with Gasteiger partial charge in [0.15, 0.2) is 0 Å². The first-order chi connectivity index (χ1) is 7.81. The van der Waals surface area contributed by atoms with Crippen LogP contribution in [0, 0.1) is 5.92 Å². The molecule has 0 amide bonds. The number of pyridine rings is 1. The second kappa shape index (κ2) is 5.41. The number of rotatable bonds is 5. The van der Waals surface area contributed by atoms with E-state index in [0.717, 1.165) is 12.5 Å². The van der Waals surface area contributed by atoms with Crippen molar-refractivity contribution in [3.8, 4) is 0 Å². The molecule has 3 heteroatoms. The third-order valence-corrected chi connectivity index (χ3v) is 3.60. The van der Waals surface area contributed by atoms with Gasteiger partial charge in [-0.15, -0.1) is 0 Å². The second-order valence-electron chi connectivity index (χ2n) is 4.77. The topological polar surface area (TPSA) is 42.1 Å². The Morgan fingerprint density at radius 3 is 2.88 bits per heavy atom. The van der Waals surface area contributed by atoms with Crippen molar-refractivity contribution in [2.45, 2.75) is 25.3 Å². The summed E-state index contributed by atoms with van der Waals surface area (Å²) in [6, 6.07) is 4.41. The molecule has 1 atom stereocenters. The van der Waals surface area contributed by atoms with Gasteiger partial charge < -0.3 is 5.73 Å². The third-order valence-electron chi connectivity index (χ3n) is 3.60. The van der Waals surface area contributed by atoms with E-state index in [1.54, 1.807) is 0 Å². The number of nitrogens with two attached hydrogens (primary N) is 1. The fourth-order valence-corrected chi connectivity index (χ4v) is 2.35. The Morgan fingerprint density at radius 1 is 1.56 bits per heavy atom. The maximum atomic E-state index is 5.87. The van der Waals surface area contributed by atoms with E-state index in [0.29, 0.717) is 12.6 Å². The molecule has 0 aliphatic heterocycles. The van der Waals surface area contributed by atoms with Crippen molar-refractivity contribution >= 4 is 0 Å². The summed E-state index contributed by atoms with van der Waals surface area (Å²) in [4.78, 5) is 6.54. The van der Waals surface area contributed by atoms with Crippen LogP contribution in [0.4, 0.5) is 0 Å². The molecule has 0 bridgehead atoms. The van der Waals surface area contributed by atoms with Crippen LogP contribution in [0.25, 0.3) is 0 Å². The van der Waals surface area contributed by atoms with Crippen molar-refractivity contribution in [3.63, 3.8) is 0 Å². The Labute approximate surface area is 97.7 Å². The lowest BCUT2D eigenvalue weighted by Gasteiger charge is -2.34. The molecule has 0 aromatic carbocycles. The van der Waals surface area contributed by atoms with E-state index in [1.807, 2.05) is 18.5 Å². The summed E-state index contributed by atoms with van der Waals surface area (Å²) in [6.07, 6.45) is 7.90. The van der Waals surface area contributed by atoms with Crippen LogP contribution < -0.4 is 5.73 Å². The van der Waals surface area contributed by atoms with Crippen molar-refractivity contribution in [3.05, 3.63) is 30.1 Å². The zero-order valence-corrected chi connectivity index (χ0v) is 9.97. The smallest absolute Gasteiger partial charge is 0.0482 e. The molecule has 1 unspecified atom stereocenters. The Balaban J connectivity index is 1.98. The minimum Gasteiger partial charge on any atom is -0.329 e. The zero-order valence-electron chi connectivity index (χ0n) is 9.97. The van der Waals surface area contributed by atoms with Crippen molar-refractivity contribution in [2.24, 2.45) is 11.7 Å². The lowest BCUT2D eigenvalue weighted by atomic mass is 9.85. The Morgan fingerprint density at radius 2 is 2.38 bits per heavy atom. The van der Waals surface area contributed by atoms with Gasteiger partial charge in [-0.25, -0.2) is 0 Å². The van der Waals surface area contributed by atoms with Crippen LogP contribution in [0.15, 0.2) is 24.5 Å². The molecule has 0 spiro atoms. The molecule has 3 nitrogen and oxygen atoms in total. The van der Waals surface area contributed by atoms with Gasteiger partial charge in [0.25, 0.3) is 0 Å². The number of likely N-dealkylation sites (N-methyl/N-ethyl adjacent to an activating group) is 1. The largest absolute Gasteiger partial charge is 0.329 e. The van der Waals surface area contributed by atoms with Crippen LogP contribution in [-0.2, 0) is 0 Å². The zero-order chi connectivity index (χ0) is 11.4. The molecule has 1 aliphatic carbocycles. The van der Waals surface area contributed by atoms with E-state index >= 15 is 0 Å². The Kier molecular flexibility index (Phi) is 3.91. The molecule has 1 aliphatic rings. The molecule has 2 rings (SSSR count). The van der Waals surface area contributed by atoms with E-state index in [-0.39, 0.29) is 0 Å². The highest BCUT2D eigenvalue weighted by Crippen LogP contribution is 2.29. The SMILES string of the molecule is CN(CC1CCC1)C(CN)c1cccnc1. The van der Waals surface area contributed by atoms with E-state index in [2.05, 4.69) is 23.0 Å². The molecule has 2 N–H and O–H groups in total. The molecule has 16 heavy (non-hydrogen) atoms. The molecule has 1 aromatic heterocycles. The lowest BCUT2D eigenvalue weighted by Crippen LogP contribution is -2.36. The van der Waals surface area contributed by atoms with E-state index < -0.39 is 0 Å². The van der Waals surface area contributed by atoms with Crippen LogP contribution in [0.1, 0.15) is 30.9 Å². The molecule has 1 fully saturated rings. The van der Waals surface area contributed by atoms with Gasteiger partial charge in [-0.3, -0.25) is 9.88 Å². The van der Waals surface area contributed by atoms with Crippen molar-refractivity contribution < 1.29 is 0 Å². The summed E-state index contributed by atoms with van der Waals surface area (Å²) in [7, 11) is 2.17. The molecular formula is C13H21N3. The lowest BCUT2D eigenvalue weighted by molar-refractivity contribution is 0.164. The maximum Gasteiger partial charge on any atom is 0.0482 e. The first kappa shape index (κ1) is 11.6. The number of hydrogen-bond acceptors (Lipinski definition) is 3. The van der Waals surface area contributed by atoms with Crippen LogP contribution in [0.3, 0.4) is 0 Å². The molecule has 88 valence electrons. The third kappa shape index (κ3) is 2.60. The average molecular weight is 219 g/mol. The van der Waals surface area contributed by atoms with Crippen molar-refractivity contribution in [2.75, 3.05) is 20.1 Å². The Hall–Kier alpha value is -0.930. The van der Waals surface area contributed by atoms with Gasteiger partial charge in [-0.1, -0.05) is 12.5 Å².